The number of pyridine rings is 1. The van der Waals surface area contributed by atoms with Crippen molar-refractivity contribution in [3.05, 3.63) is 34.3 Å². The lowest BCUT2D eigenvalue weighted by molar-refractivity contribution is 0.768. The van der Waals surface area contributed by atoms with Crippen molar-refractivity contribution in [1.82, 2.24) is 9.38 Å². The highest BCUT2D eigenvalue weighted by atomic mass is 79.9. The highest BCUT2D eigenvalue weighted by Gasteiger charge is 2.12. The topological polar surface area (TPSA) is 17.3 Å². The molecule has 2 aromatic rings. The molecule has 0 unspecified atom stereocenters. The molecule has 74 valence electrons. The molecule has 0 aromatic carbocycles. The van der Waals surface area contributed by atoms with Crippen LogP contribution in [0, 0.1) is 6.92 Å². The Morgan fingerprint density at radius 3 is 2.79 bits per heavy atom. The number of hydrogen-bond donors (Lipinski definition) is 0. The third-order valence-electron chi connectivity index (χ3n) is 2.37. The highest BCUT2D eigenvalue weighted by Crippen LogP contribution is 2.25. The summed E-state index contributed by atoms with van der Waals surface area (Å²) in [7, 11) is 0. The lowest BCUT2D eigenvalue weighted by atomic mass is 10.2. The number of halogens is 1. The second-order valence-corrected chi connectivity index (χ2v) is 4.58. The first-order valence-corrected chi connectivity index (χ1v) is 5.53. The van der Waals surface area contributed by atoms with E-state index >= 15 is 0 Å². The summed E-state index contributed by atoms with van der Waals surface area (Å²) >= 11 is 3.50. The zero-order chi connectivity index (χ0) is 10.3. The van der Waals surface area contributed by atoms with Crippen LogP contribution in [0.2, 0.25) is 0 Å². The first kappa shape index (κ1) is 9.71. The summed E-state index contributed by atoms with van der Waals surface area (Å²) < 4.78 is 3.10. The molecule has 0 saturated heterocycles. The summed E-state index contributed by atoms with van der Waals surface area (Å²) in [5, 5.41) is 0. The van der Waals surface area contributed by atoms with Gasteiger partial charge >= 0.3 is 0 Å². The van der Waals surface area contributed by atoms with E-state index < -0.39 is 0 Å². The van der Waals surface area contributed by atoms with Crippen LogP contribution in [0.4, 0.5) is 0 Å². The van der Waals surface area contributed by atoms with Gasteiger partial charge in [-0.1, -0.05) is 19.9 Å². The van der Waals surface area contributed by atoms with E-state index in [-0.39, 0.29) is 0 Å². The number of fused-ring (bicyclic) bond motifs is 1. The van der Waals surface area contributed by atoms with E-state index in [1.54, 1.807) is 0 Å². The summed E-state index contributed by atoms with van der Waals surface area (Å²) in [6.07, 6.45) is 2.06. The first-order valence-electron chi connectivity index (χ1n) is 4.74. The summed E-state index contributed by atoms with van der Waals surface area (Å²) in [6.45, 7) is 6.42. The molecule has 2 nitrogen and oxygen atoms in total. The van der Waals surface area contributed by atoms with Crippen LogP contribution in [-0.2, 0) is 0 Å². The van der Waals surface area contributed by atoms with Crippen LogP contribution in [0.15, 0.2) is 22.9 Å². The van der Waals surface area contributed by atoms with Gasteiger partial charge in [0.25, 0.3) is 0 Å². The normalized spacial score (nSPS) is 11.5. The molecule has 14 heavy (non-hydrogen) atoms. The Hall–Kier alpha value is -0.830. The number of imidazole rings is 1. The highest BCUT2D eigenvalue weighted by molar-refractivity contribution is 9.10. The van der Waals surface area contributed by atoms with Crippen molar-refractivity contribution in [2.24, 2.45) is 0 Å². The molecule has 0 atom stereocenters. The van der Waals surface area contributed by atoms with Crippen LogP contribution in [-0.4, -0.2) is 9.38 Å². The Morgan fingerprint density at radius 1 is 1.43 bits per heavy atom. The molecule has 0 aliphatic heterocycles. The Morgan fingerprint density at radius 2 is 2.14 bits per heavy atom. The van der Waals surface area contributed by atoms with Gasteiger partial charge in [0.2, 0.25) is 0 Å². The lowest BCUT2D eigenvalue weighted by Crippen LogP contribution is -1.96. The van der Waals surface area contributed by atoms with E-state index in [0.717, 1.165) is 10.4 Å². The van der Waals surface area contributed by atoms with E-state index in [1.807, 2.05) is 0 Å². The molecule has 0 fully saturated rings. The molecule has 2 heterocycles. The van der Waals surface area contributed by atoms with Gasteiger partial charge in [-0.05, 0) is 34.5 Å². The minimum Gasteiger partial charge on any atom is -0.302 e. The van der Waals surface area contributed by atoms with Crippen molar-refractivity contribution in [1.29, 1.82) is 0 Å². The van der Waals surface area contributed by atoms with Gasteiger partial charge in [0, 0.05) is 12.1 Å². The van der Waals surface area contributed by atoms with Gasteiger partial charge in [-0.2, -0.15) is 0 Å². The minimum atomic E-state index is 0.440. The van der Waals surface area contributed by atoms with E-state index in [9.17, 15) is 0 Å². The van der Waals surface area contributed by atoms with Gasteiger partial charge in [0.15, 0.2) is 0 Å². The van der Waals surface area contributed by atoms with E-state index in [4.69, 9.17) is 0 Å². The predicted molar refractivity (Wildman–Crippen MR) is 61.7 cm³/mol. The van der Waals surface area contributed by atoms with E-state index in [0.29, 0.717) is 5.92 Å². The van der Waals surface area contributed by atoms with Crippen LogP contribution in [0.3, 0.4) is 0 Å². The van der Waals surface area contributed by atoms with Crippen LogP contribution in [0.1, 0.15) is 31.2 Å². The molecule has 0 amide bonds. The van der Waals surface area contributed by atoms with Crippen molar-refractivity contribution in [3.63, 3.8) is 0 Å². The van der Waals surface area contributed by atoms with Crippen molar-refractivity contribution < 1.29 is 0 Å². The Bertz CT molecular complexity index is 471. The third kappa shape index (κ3) is 1.36. The monoisotopic (exact) mass is 252 g/mol. The SMILES string of the molecule is Cc1cccn2c(C(C)C)nc(Br)c12. The molecule has 0 spiro atoms. The van der Waals surface area contributed by atoms with Gasteiger partial charge in [-0.15, -0.1) is 0 Å². The fraction of sp³-hybridized carbons (Fsp3) is 0.364. The van der Waals surface area contributed by atoms with Crippen molar-refractivity contribution >= 4 is 21.4 Å². The number of aryl methyl sites for hydroxylation is 1. The maximum Gasteiger partial charge on any atom is 0.132 e. The Kier molecular flexibility index (Phi) is 2.35. The van der Waals surface area contributed by atoms with Crippen LogP contribution < -0.4 is 0 Å². The lowest BCUT2D eigenvalue weighted by Gasteiger charge is -2.04. The molecular weight excluding hydrogens is 240 g/mol. The van der Waals surface area contributed by atoms with Crippen LogP contribution in [0.5, 0.6) is 0 Å². The second kappa shape index (κ2) is 3.39. The molecule has 0 saturated carbocycles. The standard InChI is InChI=1S/C11H13BrN2/c1-7(2)11-13-10(12)9-8(3)5-4-6-14(9)11/h4-7H,1-3H3. The number of rotatable bonds is 1. The number of hydrogen-bond acceptors (Lipinski definition) is 1. The summed E-state index contributed by atoms with van der Waals surface area (Å²) in [5.41, 5.74) is 2.43. The van der Waals surface area contributed by atoms with Crippen molar-refractivity contribution in [2.75, 3.05) is 0 Å². The van der Waals surface area contributed by atoms with Crippen molar-refractivity contribution in [2.45, 2.75) is 26.7 Å². The Labute approximate surface area is 92.1 Å². The molecule has 0 radical (unpaired) electrons. The number of nitrogens with zero attached hydrogens (tertiary/aromatic N) is 2. The molecule has 2 rings (SSSR count). The second-order valence-electron chi connectivity index (χ2n) is 3.83. The van der Waals surface area contributed by atoms with Gasteiger partial charge in [0.05, 0.1) is 5.52 Å². The van der Waals surface area contributed by atoms with Gasteiger partial charge in [0.1, 0.15) is 10.4 Å². The molecular formula is C11H13BrN2. The fourth-order valence-corrected chi connectivity index (χ4v) is 2.37. The summed E-state index contributed by atoms with van der Waals surface area (Å²) in [6, 6.07) is 4.16. The molecule has 0 aliphatic carbocycles. The maximum atomic E-state index is 4.53. The zero-order valence-electron chi connectivity index (χ0n) is 8.58. The van der Waals surface area contributed by atoms with Crippen LogP contribution in [0.25, 0.3) is 5.52 Å². The average Bonchev–Trinajstić information content (AvgIpc) is 2.45. The third-order valence-corrected chi connectivity index (χ3v) is 2.92. The average molecular weight is 253 g/mol. The smallest absolute Gasteiger partial charge is 0.132 e. The van der Waals surface area contributed by atoms with Gasteiger partial charge in [-0.3, -0.25) is 0 Å². The zero-order valence-corrected chi connectivity index (χ0v) is 10.2. The van der Waals surface area contributed by atoms with Crippen LogP contribution >= 0.6 is 15.9 Å². The first-order chi connectivity index (χ1) is 6.61. The molecule has 0 bridgehead atoms. The predicted octanol–water partition coefficient (Wildman–Crippen LogP) is 3.53. The maximum absolute atomic E-state index is 4.53. The van der Waals surface area contributed by atoms with Crippen molar-refractivity contribution in [3.8, 4) is 0 Å². The molecule has 3 heteroatoms. The molecule has 0 N–H and O–H groups in total. The largest absolute Gasteiger partial charge is 0.302 e. The quantitative estimate of drug-likeness (QED) is 0.759. The molecule has 2 aromatic heterocycles. The Balaban J connectivity index is 2.84. The van der Waals surface area contributed by atoms with Gasteiger partial charge < -0.3 is 4.40 Å². The van der Waals surface area contributed by atoms with E-state index in [2.05, 4.69) is 64.4 Å². The number of aromatic nitrogens is 2. The van der Waals surface area contributed by atoms with E-state index in [1.165, 1.54) is 11.1 Å². The molecule has 0 aliphatic rings. The minimum absolute atomic E-state index is 0.440. The summed E-state index contributed by atoms with van der Waals surface area (Å²) in [5.74, 6) is 1.55. The fourth-order valence-electron chi connectivity index (χ4n) is 1.68. The van der Waals surface area contributed by atoms with Gasteiger partial charge in [-0.25, -0.2) is 4.98 Å². The summed E-state index contributed by atoms with van der Waals surface area (Å²) in [4.78, 5) is 4.53.